The maximum Gasteiger partial charge on any atom is 0.130 e. The van der Waals surface area contributed by atoms with Crippen LogP contribution in [0.1, 0.15) is 22.3 Å². The Bertz CT molecular complexity index is 1220. The van der Waals surface area contributed by atoms with Gasteiger partial charge in [0.25, 0.3) is 0 Å². The van der Waals surface area contributed by atoms with Crippen molar-refractivity contribution in [2.45, 2.75) is 0 Å². The van der Waals surface area contributed by atoms with Crippen LogP contribution in [0.25, 0.3) is 0 Å². The van der Waals surface area contributed by atoms with Crippen LogP contribution in [0, 0.1) is 23.7 Å². The predicted octanol–water partition coefficient (Wildman–Crippen LogP) is 5.44. The van der Waals surface area contributed by atoms with Crippen molar-refractivity contribution in [3.8, 4) is 35.2 Å². The van der Waals surface area contributed by atoms with E-state index in [4.69, 9.17) is 16.2 Å². The summed E-state index contributed by atoms with van der Waals surface area (Å²) in [6.07, 6.45) is 0. The van der Waals surface area contributed by atoms with Crippen LogP contribution < -0.4 is 16.2 Å². The van der Waals surface area contributed by atoms with E-state index in [2.05, 4.69) is 23.7 Å². The molecule has 3 heteroatoms. The summed E-state index contributed by atoms with van der Waals surface area (Å²) in [4.78, 5) is 0. The molecule has 31 heavy (non-hydrogen) atoms. The van der Waals surface area contributed by atoms with Gasteiger partial charge in [-0.05, 0) is 48.5 Å². The van der Waals surface area contributed by atoms with Gasteiger partial charge in [0, 0.05) is 45.8 Å². The largest absolute Gasteiger partial charge is 0.457 e. The lowest BCUT2D eigenvalue weighted by atomic mass is 10.1. The third kappa shape index (κ3) is 5.70. The highest BCUT2D eigenvalue weighted by molar-refractivity contribution is 5.57. The highest BCUT2D eigenvalue weighted by atomic mass is 16.5. The van der Waals surface area contributed by atoms with Crippen molar-refractivity contribution in [2.75, 3.05) is 11.5 Å². The van der Waals surface area contributed by atoms with Crippen LogP contribution in [0.15, 0.2) is 97.1 Å². The summed E-state index contributed by atoms with van der Waals surface area (Å²) in [5.74, 6) is 13.7. The minimum Gasteiger partial charge on any atom is -0.457 e. The van der Waals surface area contributed by atoms with E-state index in [1.54, 1.807) is 12.1 Å². The SMILES string of the molecule is Nc1cc(C#Cc2ccccc2)cc(Oc2cc(N)cc(C#Cc3ccccc3)c2)c1. The van der Waals surface area contributed by atoms with Crippen molar-refractivity contribution in [1.82, 2.24) is 0 Å². The van der Waals surface area contributed by atoms with E-state index in [1.807, 2.05) is 84.9 Å². The van der Waals surface area contributed by atoms with Crippen molar-refractivity contribution in [3.05, 3.63) is 119 Å². The molecular weight excluding hydrogens is 380 g/mol. The molecule has 4 aromatic rings. The number of hydrogen-bond donors (Lipinski definition) is 2. The Balaban J connectivity index is 1.58. The van der Waals surface area contributed by atoms with E-state index < -0.39 is 0 Å². The van der Waals surface area contributed by atoms with E-state index in [1.165, 1.54) is 0 Å². The van der Waals surface area contributed by atoms with Gasteiger partial charge in [-0.25, -0.2) is 0 Å². The van der Waals surface area contributed by atoms with Crippen molar-refractivity contribution < 1.29 is 4.74 Å². The Morgan fingerprint density at radius 3 is 1.26 bits per heavy atom. The second-order valence-corrected chi connectivity index (χ2v) is 6.92. The van der Waals surface area contributed by atoms with Gasteiger partial charge in [-0.3, -0.25) is 0 Å². The van der Waals surface area contributed by atoms with E-state index in [-0.39, 0.29) is 0 Å². The number of rotatable bonds is 2. The third-order valence-corrected chi connectivity index (χ3v) is 4.34. The second kappa shape index (κ2) is 9.27. The van der Waals surface area contributed by atoms with Crippen molar-refractivity contribution in [1.29, 1.82) is 0 Å². The molecule has 4 aromatic carbocycles. The number of anilines is 2. The molecule has 0 amide bonds. The first-order valence-electron chi connectivity index (χ1n) is 9.77. The van der Waals surface area contributed by atoms with Crippen LogP contribution in [0.4, 0.5) is 11.4 Å². The summed E-state index contributed by atoms with van der Waals surface area (Å²) < 4.78 is 6.03. The topological polar surface area (TPSA) is 61.3 Å². The molecule has 0 heterocycles. The van der Waals surface area contributed by atoms with Gasteiger partial charge in [0.05, 0.1) is 0 Å². The minimum absolute atomic E-state index is 0.572. The second-order valence-electron chi connectivity index (χ2n) is 6.92. The highest BCUT2D eigenvalue weighted by Gasteiger charge is 2.04. The smallest absolute Gasteiger partial charge is 0.130 e. The van der Waals surface area contributed by atoms with Gasteiger partial charge >= 0.3 is 0 Å². The zero-order valence-corrected chi connectivity index (χ0v) is 16.8. The molecule has 0 aromatic heterocycles. The van der Waals surface area contributed by atoms with Crippen LogP contribution in [0.5, 0.6) is 11.5 Å². The van der Waals surface area contributed by atoms with E-state index in [9.17, 15) is 0 Å². The fourth-order valence-electron chi connectivity index (χ4n) is 2.97. The fourth-order valence-corrected chi connectivity index (χ4v) is 2.97. The van der Waals surface area contributed by atoms with Crippen molar-refractivity contribution in [3.63, 3.8) is 0 Å². The molecule has 0 saturated carbocycles. The predicted molar refractivity (Wildman–Crippen MR) is 127 cm³/mol. The van der Waals surface area contributed by atoms with Crippen LogP contribution >= 0.6 is 0 Å². The molecule has 0 aliphatic heterocycles. The zero-order valence-electron chi connectivity index (χ0n) is 16.8. The maximum absolute atomic E-state index is 6.06. The minimum atomic E-state index is 0.572. The molecule has 0 aliphatic rings. The fraction of sp³-hybridized carbons (Fsp3) is 0. The molecule has 0 bridgehead atoms. The van der Waals surface area contributed by atoms with Gasteiger partial charge in [-0.2, -0.15) is 0 Å². The Hall–Kier alpha value is -4.60. The van der Waals surface area contributed by atoms with E-state index >= 15 is 0 Å². The molecule has 0 spiro atoms. The van der Waals surface area contributed by atoms with Crippen molar-refractivity contribution >= 4 is 11.4 Å². The normalized spacial score (nSPS) is 9.68. The lowest BCUT2D eigenvalue weighted by Crippen LogP contribution is -1.93. The lowest BCUT2D eigenvalue weighted by Gasteiger charge is -2.09. The summed E-state index contributed by atoms with van der Waals surface area (Å²) in [6, 6.07) is 30.4. The monoisotopic (exact) mass is 400 g/mol. The van der Waals surface area contributed by atoms with Crippen LogP contribution in [-0.2, 0) is 0 Å². The van der Waals surface area contributed by atoms with Crippen LogP contribution in [0.3, 0.4) is 0 Å². The highest BCUT2D eigenvalue weighted by Crippen LogP contribution is 2.27. The summed E-state index contributed by atoms with van der Waals surface area (Å²) in [7, 11) is 0. The number of ether oxygens (including phenoxy) is 1. The molecule has 0 unspecified atom stereocenters. The van der Waals surface area contributed by atoms with Gasteiger partial charge in [-0.15, -0.1) is 0 Å². The summed E-state index contributed by atoms with van der Waals surface area (Å²) in [5.41, 5.74) is 16.7. The molecule has 0 saturated heterocycles. The van der Waals surface area contributed by atoms with E-state index in [0.29, 0.717) is 22.9 Å². The number of hydrogen-bond acceptors (Lipinski definition) is 3. The molecule has 4 rings (SSSR count). The Kier molecular flexibility index (Phi) is 5.89. The molecule has 0 atom stereocenters. The molecule has 148 valence electrons. The average Bonchev–Trinajstić information content (AvgIpc) is 2.77. The summed E-state index contributed by atoms with van der Waals surface area (Å²) in [6.45, 7) is 0. The standard InChI is InChI=1S/C28H20N2O/c29-25-15-23(13-11-21-7-3-1-4-8-21)17-27(19-25)31-28-18-24(16-26(30)20-28)14-12-22-9-5-2-6-10-22/h1-10,15-20H,29-30H2. The first kappa shape index (κ1) is 19.7. The maximum atomic E-state index is 6.06. The first-order valence-corrected chi connectivity index (χ1v) is 9.77. The molecule has 0 aliphatic carbocycles. The third-order valence-electron chi connectivity index (χ3n) is 4.34. The van der Waals surface area contributed by atoms with Gasteiger partial charge in [0.15, 0.2) is 0 Å². The Morgan fingerprint density at radius 1 is 0.452 bits per heavy atom. The molecular formula is C28H20N2O. The quantitative estimate of drug-likeness (QED) is 0.348. The number of nitrogens with two attached hydrogens (primary N) is 2. The summed E-state index contributed by atoms with van der Waals surface area (Å²) >= 11 is 0. The molecule has 0 fully saturated rings. The molecule has 0 radical (unpaired) electrons. The number of benzene rings is 4. The zero-order chi connectivity index (χ0) is 21.5. The average molecular weight is 400 g/mol. The van der Waals surface area contributed by atoms with Gasteiger partial charge in [0.2, 0.25) is 0 Å². The lowest BCUT2D eigenvalue weighted by molar-refractivity contribution is 0.483. The van der Waals surface area contributed by atoms with Gasteiger partial charge in [0.1, 0.15) is 11.5 Å². The first-order chi connectivity index (χ1) is 15.1. The Labute approximate surface area is 182 Å². The summed E-state index contributed by atoms with van der Waals surface area (Å²) in [5, 5.41) is 0. The van der Waals surface area contributed by atoms with Gasteiger partial charge < -0.3 is 16.2 Å². The van der Waals surface area contributed by atoms with E-state index in [0.717, 1.165) is 22.3 Å². The van der Waals surface area contributed by atoms with Crippen LogP contribution in [-0.4, -0.2) is 0 Å². The number of nitrogen functional groups attached to an aromatic ring is 2. The van der Waals surface area contributed by atoms with Gasteiger partial charge in [-0.1, -0.05) is 60.1 Å². The molecule has 4 N–H and O–H groups in total. The van der Waals surface area contributed by atoms with Crippen LogP contribution in [0.2, 0.25) is 0 Å². The molecule has 3 nitrogen and oxygen atoms in total. The Morgan fingerprint density at radius 2 is 0.839 bits per heavy atom. The van der Waals surface area contributed by atoms with Crippen molar-refractivity contribution in [2.24, 2.45) is 0 Å².